The molecule has 0 unspecified atom stereocenters. The summed E-state index contributed by atoms with van der Waals surface area (Å²) in [5.41, 5.74) is 3.21. The summed E-state index contributed by atoms with van der Waals surface area (Å²) in [6.45, 7) is 0. The fourth-order valence-electron chi connectivity index (χ4n) is 2.78. The number of thiazole rings is 1. The largest absolute Gasteiger partial charge is 0.493 e. The van der Waals surface area contributed by atoms with Crippen molar-refractivity contribution in [3.63, 3.8) is 0 Å². The predicted octanol–water partition coefficient (Wildman–Crippen LogP) is 5.09. The van der Waals surface area contributed by atoms with E-state index in [1.807, 2.05) is 47.8 Å². The first-order chi connectivity index (χ1) is 14.7. The molecule has 9 heteroatoms. The van der Waals surface area contributed by atoms with Crippen molar-refractivity contribution in [3.05, 3.63) is 47.8 Å². The Morgan fingerprint density at radius 1 is 1.13 bits per heavy atom. The Kier molecular flexibility index (Phi) is 6.20. The number of methoxy groups -OCH3 is 2. The number of anilines is 1. The molecule has 0 aliphatic heterocycles. The molecule has 0 fully saturated rings. The lowest BCUT2D eigenvalue weighted by Crippen LogP contribution is -2.11. The van der Waals surface area contributed by atoms with Crippen LogP contribution >= 0.6 is 23.1 Å². The Hall–Kier alpha value is -3.04. The normalized spacial score (nSPS) is 10.9. The van der Waals surface area contributed by atoms with Crippen molar-refractivity contribution in [2.24, 2.45) is 0 Å². The molecule has 1 N–H and O–H groups in total. The number of carbonyl (C=O) groups excluding carboxylic acids is 1. The smallest absolute Gasteiger partial charge is 0.256 e. The molecule has 30 heavy (non-hydrogen) atoms. The molecular weight excluding hydrogens is 422 g/mol. The number of amides is 1. The predicted molar refractivity (Wildman–Crippen MR) is 119 cm³/mol. The number of oxazole rings is 1. The summed E-state index contributed by atoms with van der Waals surface area (Å²) >= 11 is 2.79. The zero-order chi connectivity index (χ0) is 20.9. The Balaban J connectivity index is 1.32. The molecule has 2 heterocycles. The van der Waals surface area contributed by atoms with E-state index < -0.39 is 0 Å². The number of fused-ring (bicyclic) bond motifs is 1. The van der Waals surface area contributed by atoms with Gasteiger partial charge in [-0.15, -0.1) is 11.3 Å². The van der Waals surface area contributed by atoms with Gasteiger partial charge in [-0.05, 0) is 30.3 Å². The van der Waals surface area contributed by atoms with Crippen molar-refractivity contribution < 1.29 is 18.7 Å². The minimum absolute atomic E-state index is 0.105. The van der Waals surface area contributed by atoms with E-state index in [9.17, 15) is 4.79 Å². The van der Waals surface area contributed by atoms with Crippen molar-refractivity contribution in [2.45, 2.75) is 11.6 Å². The summed E-state index contributed by atoms with van der Waals surface area (Å²) in [6.07, 6.45) is 0.328. The van der Waals surface area contributed by atoms with Crippen LogP contribution in [-0.4, -0.2) is 35.8 Å². The third-order valence-electron chi connectivity index (χ3n) is 4.26. The molecule has 2 aromatic heterocycles. The van der Waals surface area contributed by atoms with Gasteiger partial charge in [0.25, 0.3) is 5.22 Å². The van der Waals surface area contributed by atoms with Crippen LogP contribution in [0.2, 0.25) is 0 Å². The van der Waals surface area contributed by atoms with Crippen LogP contribution in [0.25, 0.3) is 22.4 Å². The van der Waals surface area contributed by atoms with Gasteiger partial charge >= 0.3 is 0 Å². The highest BCUT2D eigenvalue weighted by Crippen LogP contribution is 2.33. The summed E-state index contributed by atoms with van der Waals surface area (Å²) in [7, 11) is 3.18. The number of nitrogens with zero attached hydrogens (tertiary/aromatic N) is 2. The van der Waals surface area contributed by atoms with Crippen molar-refractivity contribution in [1.82, 2.24) is 9.97 Å². The van der Waals surface area contributed by atoms with E-state index >= 15 is 0 Å². The SMILES string of the molecule is COc1ccc(-c2csc(NC(=O)CCSc3nc4ccccc4o3)n2)cc1OC. The Morgan fingerprint density at radius 3 is 2.77 bits per heavy atom. The zero-order valence-electron chi connectivity index (χ0n) is 16.4. The average molecular weight is 442 g/mol. The molecule has 0 aliphatic rings. The molecule has 2 aromatic carbocycles. The monoisotopic (exact) mass is 441 g/mol. The van der Waals surface area contributed by atoms with Gasteiger partial charge in [0.1, 0.15) is 5.52 Å². The second-order valence-corrected chi connectivity index (χ2v) is 8.11. The van der Waals surface area contributed by atoms with Crippen LogP contribution in [0.1, 0.15) is 6.42 Å². The number of nitrogens with one attached hydrogen (secondary N) is 1. The average Bonchev–Trinajstić information content (AvgIpc) is 3.39. The molecule has 0 saturated carbocycles. The number of hydrogen-bond donors (Lipinski definition) is 1. The minimum Gasteiger partial charge on any atom is -0.493 e. The Morgan fingerprint density at radius 2 is 1.97 bits per heavy atom. The van der Waals surface area contributed by atoms with Crippen LogP contribution in [0.15, 0.2) is 57.5 Å². The number of ether oxygens (including phenoxy) is 2. The minimum atomic E-state index is -0.105. The fourth-order valence-corrected chi connectivity index (χ4v) is 4.29. The first-order valence-corrected chi connectivity index (χ1v) is 11.0. The molecule has 154 valence electrons. The van der Waals surface area contributed by atoms with Crippen molar-refractivity contribution in [2.75, 3.05) is 25.3 Å². The van der Waals surface area contributed by atoms with E-state index in [2.05, 4.69) is 15.3 Å². The van der Waals surface area contributed by atoms with E-state index in [4.69, 9.17) is 13.9 Å². The van der Waals surface area contributed by atoms with E-state index in [1.54, 1.807) is 14.2 Å². The number of para-hydroxylation sites is 2. The van der Waals surface area contributed by atoms with E-state index in [0.29, 0.717) is 34.0 Å². The van der Waals surface area contributed by atoms with Crippen LogP contribution in [0.5, 0.6) is 11.5 Å². The first kappa shape index (κ1) is 20.2. The molecule has 0 spiro atoms. The van der Waals surface area contributed by atoms with E-state index in [-0.39, 0.29) is 5.91 Å². The van der Waals surface area contributed by atoms with Gasteiger partial charge < -0.3 is 19.2 Å². The highest BCUT2D eigenvalue weighted by molar-refractivity contribution is 7.99. The topological polar surface area (TPSA) is 86.5 Å². The van der Waals surface area contributed by atoms with Gasteiger partial charge in [0.05, 0.1) is 19.9 Å². The molecule has 0 aliphatic carbocycles. The highest BCUT2D eigenvalue weighted by atomic mass is 32.2. The summed E-state index contributed by atoms with van der Waals surface area (Å²) < 4.78 is 16.2. The van der Waals surface area contributed by atoms with E-state index in [1.165, 1.54) is 23.1 Å². The lowest BCUT2D eigenvalue weighted by Gasteiger charge is -2.08. The number of thioether (sulfide) groups is 1. The zero-order valence-corrected chi connectivity index (χ0v) is 18.0. The van der Waals surface area contributed by atoms with Gasteiger partial charge in [-0.1, -0.05) is 23.9 Å². The first-order valence-electron chi connectivity index (χ1n) is 9.12. The van der Waals surface area contributed by atoms with E-state index in [0.717, 1.165) is 22.4 Å². The number of hydrogen-bond acceptors (Lipinski definition) is 8. The second-order valence-electron chi connectivity index (χ2n) is 6.20. The van der Waals surface area contributed by atoms with Crippen LogP contribution in [0.3, 0.4) is 0 Å². The maximum Gasteiger partial charge on any atom is 0.256 e. The van der Waals surface area contributed by atoms with Gasteiger partial charge in [-0.3, -0.25) is 4.79 Å². The number of aromatic nitrogens is 2. The third-order valence-corrected chi connectivity index (χ3v) is 5.85. The van der Waals surface area contributed by atoms with Crippen LogP contribution in [0, 0.1) is 0 Å². The summed E-state index contributed by atoms with van der Waals surface area (Å²) in [6, 6.07) is 13.2. The quantitative estimate of drug-likeness (QED) is 0.381. The van der Waals surface area contributed by atoms with Crippen molar-refractivity contribution in [1.29, 1.82) is 0 Å². The number of benzene rings is 2. The lowest BCUT2D eigenvalue weighted by molar-refractivity contribution is -0.115. The number of carbonyl (C=O) groups is 1. The van der Waals surface area contributed by atoms with Crippen LogP contribution in [-0.2, 0) is 4.79 Å². The third kappa shape index (κ3) is 4.58. The summed E-state index contributed by atoms with van der Waals surface area (Å²) in [5, 5.41) is 5.85. The molecule has 7 nitrogen and oxygen atoms in total. The molecule has 1 amide bonds. The van der Waals surface area contributed by atoms with Crippen molar-refractivity contribution >= 4 is 45.2 Å². The molecule has 0 atom stereocenters. The Bertz CT molecular complexity index is 1140. The standard InChI is InChI=1S/C21H19N3O4S2/c1-26-17-8-7-13(11-18(17)27-2)15-12-30-20(22-15)24-19(25)9-10-29-21-23-14-5-3-4-6-16(14)28-21/h3-8,11-12H,9-10H2,1-2H3,(H,22,24,25). The maximum absolute atomic E-state index is 12.3. The van der Waals surface area contributed by atoms with Gasteiger partial charge in [0, 0.05) is 23.1 Å². The molecule has 4 rings (SSSR count). The number of rotatable bonds is 8. The maximum atomic E-state index is 12.3. The molecular formula is C21H19N3O4S2. The Labute approximate surface area is 181 Å². The summed E-state index contributed by atoms with van der Waals surface area (Å²) in [4.78, 5) is 21.2. The molecule has 4 aromatic rings. The van der Waals surface area contributed by atoms with Gasteiger partial charge in [-0.25, -0.2) is 9.97 Å². The molecule has 0 bridgehead atoms. The fraction of sp³-hybridized carbons (Fsp3) is 0.190. The lowest BCUT2D eigenvalue weighted by atomic mass is 10.1. The highest BCUT2D eigenvalue weighted by Gasteiger charge is 2.12. The van der Waals surface area contributed by atoms with Gasteiger partial charge in [0.2, 0.25) is 5.91 Å². The van der Waals surface area contributed by atoms with Crippen molar-refractivity contribution in [3.8, 4) is 22.8 Å². The second kappa shape index (κ2) is 9.19. The van der Waals surface area contributed by atoms with Gasteiger partial charge in [0.15, 0.2) is 22.2 Å². The van der Waals surface area contributed by atoms with Crippen LogP contribution < -0.4 is 14.8 Å². The van der Waals surface area contributed by atoms with Crippen LogP contribution in [0.4, 0.5) is 5.13 Å². The molecule has 0 radical (unpaired) electrons. The van der Waals surface area contributed by atoms with Gasteiger partial charge in [-0.2, -0.15) is 0 Å². The molecule has 0 saturated heterocycles. The summed E-state index contributed by atoms with van der Waals surface area (Å²) in [5.74, 6) is 1.74.